The van der Waals surface area contributed by atoms with E-state index in [1.807, 2.05) is 52.0 Å². The molecule has 3 heterocycles. The maximum absolute atomic E-state index is 13.7. The number of ether oxygens (including phenoxy) is 2. The van der Waals surface area contributed by atoms with E-state index in [2.05, 4.69) is 22.0 Å². The predicted octanol–water partition coefficient (Wildman–Crippen LogP) is 1.56. The second kappa shape index (κ2) is 10.9. The highest BCUT2D eigenvalue weighted by atomic mass is 16.6. The van der Waals surface area contributed by atoms with Crippen LogP contribution >= 0.6 is 0 Å². The number of Topliss-reactive ketones (excluding diaryl/α,β-unsaturated/α-hetero) is 1. The molecule has 36 heavy (non-hydrogen) atoms. The van der Waals surface area contributed by atoms with Gasteiger partial charge in [-0.05, 0) is 43.1 Å². The van der Waals surface area contributed by atoms with Crippen molar-refractivity contribution in [3.8, 4) is 0 Å². The SMILES string of the molecule is CCO[C@H]1CN(C(=O)[C@@H](NC(=O)c2ccc(N3CCN(CC)CC3)cc2)C(C)(C)C)[C@@H]2C(=O)CO[C@H]12. The summed E-state index contributed by atoms with van der Waals surface area (Å²) in [5.74, 6) is -0.709. The van der Waals surface area contributed by atoms with E-state index in [0.717, 1.165) is 38.4 Å². The molecule has 3 fully saturated rings. The van der Waals surface area contributed by atoms with E-state index < -0.39 is 23.6 Å². The van der Waals surface area contributed by atoms with Crippen LogP contribution in [0.4, 0.5) is 5.69 Å². The fourth-order valence-corrected chi connectivity index (χ4v) is 5.37. The van der Waals surface area contributed by atoms with E-state index in [1.54, 1.807) is 4.90 Å². The van der Waals surface area contributed by atoms with Crippen LogP contribution in [0.1, 0.15) is 45.0 Å². The molecule has 2 amide bonds. The van der Waals surface area contributed by atoms with Crippen LogP contribution in [0.5, 0.6) is 0 Å². The van der Waals surface area contributed by atoms with Gasteiger partial charge < -0.3 is 29.5 Å². The summed E-state index contributed by atoms with van der Waals surface area (Å²) in [7, 11) is 0. The van der Waals surface area contributed by atoms with Gasteiger partial charge in [0.25, 0.3) is 5.91 Å². The molecular weight excluding hydrogens is 460 g/mol. The Bertz CT molecular complexity index is 952. The molecule has 0 spiro atoms. The monoisotopic (exact) mass is 500 g/mol. The number of rotatable bonds is 7. The van der Waals surface area contributed by atoms with E-state index in [0.29, 0.717) is 12.2 Å². The van der Waals surface area contributed by atoms with Crippen molar-refractivity contribution in [2.45, 2.75) is 58.9 Å². The molecule has 3 aliphatic rings. The third kappa shape index (κ3) is 5.43. The zero-order valence-corrected chi connectivity index (χ0v) is 22.2. The third-order valence-corrected chi connectivity index (χ3v) is 7.50. The second-order valence-electron chi connectivity index (χ2n) is 10.9. The number of ketones is 1. The lowest BCUT2D eigenvalue weighted by Gasteiger charge is -2.35. The van der Waals surface area contributed by atoms with Crippen LogP contribution in [-0.2, 0) is 19.1 Å². The summed E-state index contributed by atoms with van der Waals surface area (Å²) in [4.78, 5) is 45.8. The first-order chi connectivity index (χ1) is 17.1. The molecule has 9 nitrogen and oxygen atoms in total. The molecule has 0 unspecified atom stereocenters. The van der Waals surface area contributed by atoms with Gasteiger partial charge in [0.15, 0.2) is 5.78 Å². The summed E-state index contributed by atoms with van der Waals surface area (Å²) in [6.07, 6.45) is -0.803. The van der Waals surface area contributed by atoms with E-state index in [1.165, 1.54) is 0 Å². The largest absolute Gasteiger partial charge is 0.374 e. The van der Waals surface area contributed by atoms with Crippen LogP contribution in [0.2, 0.25) is 0 Å². The topological polar surface area (TPSA) is 91.4 Å². The number of nitrogens with zero attached hydrogens (tertiary/aromatic N) is 3. The van der Waals surface area contributed by atoms with Gasteiger partial charge in [0.2, 0.25) is 5.91 Å². The van der Waals surface area contributed by atoms with Crippen molar-refractivity contribution < 1.29 is 23.9 Å². The average molecular weight is 501 g/mol. The number of carbonyl (C=O) groups excluding carboxylic acids is 3. The molecule has 0 aliphatic carbocycles. The molecule has 0 radical (unpaired) electrons. The predicted molar refractivity (Wildman–Crippen MR) is 137 cm³/mol. The van der Waals surface area contributed by atoms with Crippen molar-refractivity contribution in [3.63, 3.8) is 0 Å². The van der Waals surface area contributed by atoms with Crippen LogP contribution in [0.25, 0.3) is 0 Å². The number of piperazine rings is 1. The van der Waals surface area contributed by atoms with Crippen molar-refractivity contribution >= 4 is 23.3 Å². The summed E-state index contributed by atoms with van der Waals surface area (Å²) in [5, 5.41) is 2.96. The maximum Gasteiger partial charge on any atom is 0.251 e. The second-order valence-corrected chi connectivity index (χ2v) is 10.9. The van der Waals surface area contributed by atoms with Gasteiger partial charge >= 0.3 is 0 Å². The zero-order chi connectivity index (χ0) is 26.0. The van der Waals surface area contributed by atoms with Gasteiger partial charge in [-0.3, -0.25) is 14.4 Å². The standard InChI is InChI=1S/C27H40N4O5/c1-6-29-12-14-30(15-13-29)19-10-8-18(9-11-19)25(33)28-24(27(3,4)5)26(34)31-16-21(35-7-2)23-22(31)20(32)17-36-23/h8-11,21-24H,6-7,12-17H2,1-5H3,(H,28,33)/t21-,22+,23+,24+/m0/s1. The normalized spacial score (nSPS) is 25.7. The molecule has 0 aromatic heterocycles. The van der Waals surface area contributed by atoms with Gasteiger partial charge in [0.05, 0.1) is 6.54 Å². The fraction of sp³-hybridized carbons (Fsp3) is 0.667. The first kappa shape index (κ1) is 26.6. The van der Waals surface area contributed by atoms with E-state index in [9.17, 15) is 14.4 Å². The van der Waals surface area contributed by atoms with Crippen molar-refractivity contribution in [1.82, 2.24) is 15.1 Å². The Morgan fingerprint density at radius 1 is 1.11 bits per heavy atom. The minimum Gasteiger partial charge on any atom is -0.374 e. The highest BCUT2D eigenvalue weighted by Gasteiger charge is 2.54. The molecule has 3 aliphatic heterocycles. The lowest BCUT2D eigenvalue weighted by Crippen LogP contribution is -2.57. The van der Waals surface area contributed by atoms with Crippen LogP contribution in [0.3, 0.4) is 0 Å². The zero-order valence-electron chi connectivity index (χ0n) is 22.2. The number of hydrogen-bond acceptors (Lipinski definition) is 7. The van der Waals surface area contributed by atoms with Crippen molar-refractivity contribution in [2.75, 3.05) is 57.4 Å². The number of benzene rings is 1. The smallest absolute Gasteiger partial charge is 0.251 e. The van der Waals surface area contributed by atoms with Crippen LogP contribution in [0, 0.1) is 5.41 Å². The molecule has 4 rings (SSSR count). The van der Waals surface area contributed by atoms with Crippen LogP contribution in [0.15, 0.2) is 24.3 Å². The minimum atomic E-state index is -0.804. The quantitative estimate of drug-likeness (QED) is 0.608. The van der Waals surface area contributed by atoms with Crippen molar-refractivity contribution in [1.29, 1.82) is 0 Å². The molecule has 4 atom stereocenters. The van der Waals surface area contributed by atoms with E-state index >= 15 is 0 Å². The number of fused-ring (bicyclic) bond motifs is 1. The van der Waals surface area contributed by atoms with E-state index in [-0.39, 0.29) is 36.9 Å². The minimum absolute atomic E-state index is 0.0188. The van der Waals surface area contributed by atoms with Crippen LogP contribution < -0.4 is 10.2 Å². The van der Waals surface area contributed by atoms with Gasteiger partial charge in [-0.15, -0.1) is 0 Å². The summed E-state index contributed by atoms with van der Waals surface area (Å²) in [5.41, 5.74) is 1.03. The Labute approximate surface area is 214 Å². The Kier molecular flexibility index (Phi) is 8.02. The Morgan fingerprint density at radius 2 is 1.78 bits per heavy atom. The highest BCUT2D eigenvalue weighted by Crippen LogP contribution is 2.32. The number of nitrogens with one attached hydrogen (secondary N) is 1. The van der Waals surface area contributed by atoms with Gasteiger partial charge in [-0.25, -0.2) is 0 Å². The lowest BCUT2D eigenvalue weighted by atomic mass is 9.85. The average Bonchev–Trinajstić information content (AvgIpc) is 3.42. The molecule has 3 saturated heterocycles. The molecule has 9 heteroatoms. The van der Waals surface area contributed by atoms with E-state index in [4.69, 9.17) is 9.47 Å². The number of likely N-dealkylation sites (N-methyl/N-ethyl adjacent to an activating group) is 1. The molecule has 0 bridgehead atoms. The fourth-order valence-electron chi connectivity index (χ4n) is 5.37. The van der Waals surface area contributed by atoms with Crippen molar-refractivity contribution in [2.24, 2.45) is 5.41 Å². The van der Waals surface area contributed by atoms with Gasteiger partial charge in [-0.2, -0.15) is 0 Å². The molecule has 1 N–H and O–H groups in total. The maximum atomic E-state index is 13.7. The number of anilines is 1. The summed E-state index contributed by atoms with van der Waals surface area (Å²) < 4.78 is 11.4. The lowest BCUT2D eigenvalue weighted by molar-refractivity contribution is -0.140. The molecule has 198 valence electrons. The highest BCUT2D eigenvalue weighted by molar-refractivity contribution is 5.99. The number of likely N-dealkylation sites (tertiary alicyclic amines) is 1. The molecule has 0 saturated carbocycles. The van der Waals surface area contributed by atoms with Gasteiger partial charge in [0.1, 0.15) is 30.9 Å². The number of carbonyl (C=O) groups is 3. The van der Waals surface area contributed by atoms with Gasteiger partial charge in [0, 0.05) is 44.0 Å². The third-order valence-electron chi connectivity index (χ3n) is 7.50. The molecule has 1 aromatic rings. The van der Waals surface area contributed by atoms with Crippen molar-refractivity contribution in [3.05, 3.63) is 29.8 Å². The summed E-state index contributed by atoms with van der Waals surface area (Å²) >= 11 is 0. The summed E-state index contributed by atoms with van der Waals surface area (Å²) in [6, 6.07) is 6.09. The first-order valence-electron chi connectivity index (χ1n) is 13.1. The molecule has 1 aromatic carbocycles. The Hall–Kier alpha value is -2.49. The Balaban J connectivity index is 1.46. The van der Waals surface area contributed by atoms with Gasteiger partial charge in [-0.1, -0.05) is 27.7 Å². The molecular formula is C27H40N4O5. The first-order valence-corrected chi connectivity index (χ1v) is 13.1. The summed E-state index contributed by atoms with van der Waals surface area (Å²) in [6.45, 7) is 15.6. The van der Waals surface area contributed by atoms with Crippen LogP contribution in [-0.4, -0.2) is 104 Å². The number of hydrogen-bond donors (Lipinski definition) is 1. The Morgan fingerprint density at radius 3 is 2.36 bits per heavy atom. The number of amides is 2.